The Morgan fingerprint density at radius 3 is 2.52 bits per heavy atom. The lowest BCUT2D eigenvalue weighted by Crippen LogP contribution is -2.40. The van der Waals surface area contributed by atoms with Crippen molar-refractivity contribution in [3.63, 3.8) is 0 Å². The van der Waals surface area contributed by atoms with Gasteiger partial charge in [-0.25, -0.2) is 0 Å². The van der Waals surface area contributed by atoms with Crippen LogP contribution in [-0.2, 0) is 0 Å². The van der Waals surface area contributed by atoms with Gasteiger partial charge in [0.1, 0.15) is 0 Å². The summed E-state index contributed by atoms with van der Waals surface area (Å²) in [4.78, 5) is 16.2. The smallest absolute Gasteiger partial charge is 0.251 e. The molecule has 1 fully saturated rings. The van der Waals surface area contributed by atoms with Gasteiger partial charge in [0, 0.05) is 24.7 Å². The van der Waals surface area contributed by atoms with Gasteiger partial charge in [0.05, 0.1) is 0 Å². The number of aliphatic imine (C=N–C) groups is 1. The second-order valence-electron chi connectivity index (χ2n) is 6.08. The van der Waals surface area contributed by atoms with E-state index in [4.69, 9.17) is 5.73 Å². The highest BCUT2D eigenvalue weighted by atomic mass is 16.1. The van der Waals surface area contributed by atoms with Crippen LogP contribution in [0.5, 0.6) is 0 Å². The molecule has 1 saturated carbocycles. The Labute approximate surface area is 138 Å². The molecule has 0 atom stereocenters. The second kappa shape index (κ2) is 9.87. The number of amides is 1. The SMILES string of the molecule is NC(=NCCCNC(=O)c1ccccc1)NC1CCCCCC1. The van der Waals surface area contributed by atoms with Crippen LogP contribution in [0.25, 0.3) is 0 Å². The highest BCUT2D eigenvalue weighted by molar-refractivity contribution is 5.94. The van der Waals surface area contributed by atoms with Crippen LogP contribution < -0.4 is 16.4 Å². The van der Waals surface area contributed by atoms with Crippen molar-refractivity contribution >= 4 is 11.9 Å². The quantitative estimate of drug-likeness (QED) is 0.326. The zero-order valence-electron chi connectivity index (χ0n) is 13.8. The Hall–Kier alpha value is -2.04. The number of nitrogens with one attached hydrogen (secondary N) is 2. The number of carbonyl (C=O) groups is 1. The summed E-state index contributed by atoms with van der Waals surface area (Å²) in [5.74, 6) is 0.491. The molecule has 1 aromatic rings. The first-order chi connectivity index (χ1) is 11.3. The molecule has 5 nitrogen and oxygen atoms in total. The molecule has 0 bridgehead atoms. The number of hydrogen-bond donors (Lipinski definition) is 3. The lowest BCUT2D eigenvalue weighted by atomic mass is 10.1. The largest absolute Gasteiger partial charge is 0.370 e. The molecule has 0 unspecified atom stereocenters. The van der Waals surface area contributed by atoms with Crippen LogP contribution in [0.4, 0.5) is 0 Å². The lowest BCUT2D eigenvalue weighted by molar-refractivity contribution is 0.0953. The summed E-state index contributed by atoms with van der Waals surface area (Å²) in [6.45, 7) is 1.23. The third-order valence-corrected chi connectivity index (χ3v) is 4.15. The Balaban J connectivity index is 1.61. The number of nitrogens with two attached hydrogens (primary N) is 1. The zero-order valence-corrected chi connectivity index (χ0v) is 13.8. The van der Waals surface area contributed by atoms with E-state index >= 15 is 0 Å². The predicted octanol–water partition coefficient (Wildman–Crippen LogP) is 2.43. The van der Waals surface area contributed by atoms with Crippen molar-refractivity contribution in [2.24, 2.45) is 10.7 Å². The van der Waals surface area contributed by atoms with E-state index in [1.807, 2.05) is 30.3 Å². The van der Waals surface area contributed by atoms with Gasteiger partial charge in [-0.15, -0.1) is 0 Å². The van der Waals surface area contributed by atoms with Gasteiger partial charge in [0.15, 0.2) is 5.96 Å². The van der Waals surface area contributed by atoms with Crippen LogP contribution in [0.1, 0.15) is 55.3 Å². The topological polar surface area (TPSA) is 79.5 Å². The molecule has 0 spiro atoms. The minimum absolute atomic E-state index is 0.0425. The first-order valence-electron chi connectivity index (χ1n) is 8.65. The number of hydrogen-bond acceptors (Lipinski definition) is 2. The summed E-state index contributed by atoms with van der Waals surface area (Å²) < 4.78 is 0. The molecule has 126 valence electrons. The Morgan fingerprint density at radius 2 is 1.83 bits per heavy atom. The maximum Gasteiger partial charge on any atom is 0.251 e. The highest BCUT2D eigenvalue weighted by Crippen LogP contribution is 2.16. The van der Waals surface area contributed by atoms with E-state index in [0.717, 1.165) is 6.42 Å². The average Bonchev–Trinajstić information content (AvgIpc) is 2.84. The minimum atomic E-state index is -0.0425. The first-order valence-corrected chi connectivity index (χ1v) is 8.65. The summed E-state index contributed by atoms with van der Waals surface area (Å²) in [7, 11) is 0. The van der Waals surface area contributed by atoms with Gasteiger partial charge in [-0.05, 0) is 31.4 Å². The minimum Gasteiger partial charge on any atom is -0.370 e. The predicted molar refractivity (Wildman–Crippen MR) is 94.5 cm³/mol. The number of benzene rings is 1. The summed E-state index contributed by atoms with van der Waals surface area (Å²) in [5.41, 5.74) is 6.63. The molecular formula is C18H28N4O. The lowest BCUT2D eigenvalue weighted by Gasteiger charge is -2.16. The summed E-state index contributed by atoms with van der Waals surface area (Å²) in [5, 5.41) is 6.22. The van der Waals surface area contributed by atoms with Crippen LogP contribution in [-0.4, -0.2) is 31.0 Å². The number of guanidine groups is 1. The van der Waals surface area contributed by atoms with E-state index in [0.29, 0.717) is 30.7 Å². The van der Waals surface area contributed by atoms with E-state index in [1.165, 1.54) is 38.5 Å². The summed E-state index contributed by atoms with van der Waals surface area (Å²) >= 11 is 0. The first kappa shape index (κ1) is 17.3. The molecule has 5 heteroatoms. The third kappa shape index (κ3) is 6.72. The fraction of sp³-hybridized carbons (Fsp3) is 0.556. The maximum atomic E-state index is 11.9. The molecule has 23 heavy (non-hydrogen) atoms. The Kier molecular flexibility index (Phi) is 7.43. The second-order valence-corrected chi connectivity index (χ2v) is 6.08. The molecule has 1 amide bonds. The van der Waals surface area contributed by atoms with Gasteiger partial charge < -0.3 is 16.4 Å². The van der Waals surface area contributed by atoms with E-state index < -0.39 is 0 Å². The van der Waals surface area contributed by atoms with Crippen LogP contribution in [0.2, 0.25) is 0 Å². The molecular weight excluding hydrogens is 288 g/mol. The van der Waals surface area contributed by atoms with Crippen LogP contribution in [0.3, 0.4) is 0 Å². The Bertz CT molecular complexity index is 493. The van der Waals surface area contributed by atoms with E-state index in [2.05, 4.69) is 15.6 Å². The molecule has 1 aromatic carbocycles. The van der Waals surface area contributed by atoms with Gasteiger partial charge in [-0.1, -0.05) is 43.9 Å². The molecule has 1 aliphatic carbocycles. The van der Waals surface area contributed by atoms with Gasteiger partial charge >= 0.3 is 0 Å². The van der Waals surface area contributed by atoms with Gasteiger partial charge in [0.25, 0.3) is 5.91 Å². The fourth-order valence-electron chi connectivity index (χ4n) is 2.85. The van der Waals surface area contributed by atoms with Crippen molar-refractivity contribution in [2.75, 3.05) is 13.1 Å². The standard InChI is InChI=1S/C18H28N4O/c19-18(22-16-11-6-1-2-7-12-16)21-14-8-13-20-17(23)15-9-4-3-5-10-15/h3-5,9-10,16H,1-2,6-8,11-14H2,(H,20,23)(H3,19,21,22). The molecule has 0 aromatic heterocycles. The Morgan fingerprint density at radius 1 is 1.13 bits per heavy atom. The van der Waals surface area contributed by atoms with Crippen LogP contribution in [0, 0.1) is 0 Å². The van der Waals surface area contributed by atoms with Gasteiger partial charge in [-0.2, -0.15) is 0 Å². The van der Waals surface area contributed by atoms with Gasteiger partial charge in [0.2, 0.25) is 0 Å². The molecule has 2 rings (SSSR count). The van der Waals surface area contributed by atoms with Crippen LogP contribution >= 0.6 is 0 Å². The number of rotatable bonds is 6. The van der Waals surface area contributed by atoms with Crippen molar-refractivity contribution in [1.29, 1.82) is 0 Å². The fourth-order valence-corrected chi connectivity index (χ4v) is 2.85. The third-order valence-electron chi connectivity index (χ3n) is 4.15. The molecule has 0 heterocycles. The molecule has 0 saturated heterocycles. The normalized spacial score (nSPS) is 16.6. The average molecular weight is 316 g/mol. The van der Waals surface area contributed by atoms with Crippen LogP contribution in [0.15, 0.2) is 35.3 Å². The van der Waals surface area contributed by atoms with E-state index in [1.54, 1.807) is 0 Å². The summed E-state index contributed by atoms with van der Waals surface area (Å²) in [6, 6.07) is 9.71. The van der Waals surface area contributed by atoms with Crippen molar-refractivity contribution in [3.05, 3.63) is 35.9 Å². The highest BCUT2D eigenvalue weighted by Gasteiger charge is 2.12. The maximum absolute atomic E-state index is 11.9. The van der Waals surface area contributed by atoms with E-state index in [9.17, 15) is 4.79 Å². The van der Waals surface area contributed by atoms with Crippen molar-refractivity contribution < 1.29 is 4.79 Å². The van der Waals surface area contributed by atoms with Crippen molar-refractivity contribution in [2.45, 2.75) is 51.0 Å². The van der Waals surface area contributed by atoms with Crippen molar-refractivity contribution in [3.8, 4) is 0 Å². The monoisotopic (exact) mass is 316 g/mol. The summed E-state index contributed by atoms with van der Waals surface area (Å²) in [6.07, 6.45) is 8.36. The van der Waals surface area contributed by atoms with E-state index in [-0.39, 0.29) is 5.91 Å². The van der Waals surface area contributed by atoms with Crippen molar-refractivity contribution in [1.82, 2.24) is 10.6 Å². The number of nitrogens with zero attached hydrogens (tertiary/aromatic N) is 1. The zero-order chi connectivity index (χ0) is 16.3. The van der Waals surface area contributed by atoms with Gasteiger partial charge in [-0.3, -0.25) is 9.79 Å². The molecule has 0 aliphatic heterocycles. The number of carbonyl (C=O) groups excluding carboxylic acids is 1. The molecule has 1 aliphatic rings. The molecule has 4 N–H and O–H groups in total. The molecule has 0 radical (unpaired) electrons.